The number of hydrogen-bond acceptors (Lipinski definition) is 5. The lowest BCUT2D eigenvalue weighted by molar-refractivity contribution is -0.182. The standard InChI is InChI=1S/C33H55N3O5/c1-21-12-10-11-15-26(21)41-31(4,5)29(39)36-33(23-16-22-17-24(33)20-32(18-22,19-23)27(34)37)35-28(38)30(2,3)40-25-13-8-6-7-9-14-25/h21-26H,6-20H2,1-5H3,(H2,34,37)(H,35,38)(H,36,39). The van der Waals surface area contributed by atoms with Crippen LogP contribution < -0.4 is 16.4 Å². The summed E-state index contributed by atoms with van der Waals surface area (Å²) in [5.41, 5.74) is 2.38. The Labute approximate surface area is 247 Å². The molecule has 6 aliphatic carbocycles. The monoisotopic (exact) mass is 573 g/mol. The van der Waals surface area contributed by atoms with Crippen molar-refractivity contribution in [3.05, 3.63) is 0 Å². The van der Waals surface area contributed by atoms with Crippen LogP contribution in [0, 0.1) is 29.1 Å². The maximum atomic E-state index is 14.1. The minimum atomic E-state index is -1.06. The van der Waals surface area contributed by atoms with E-state index in [9.17, 15) is 14.4 Å². The van der Waals surface area contributed by atoms with Crippen molar-refractivity contribution in [1.82, 2.24) is 10.6 Å². The SMILES string of the molecule is CC1CCCCC1OC(C)(C)C(=O)NC1(NC(=O)C(C)(C)OC2CCCCCC2)C2CC3CC1CC(C(N)=O)(C3)C2. The summed E-state index contributed by atoms with van der Waals surface area (Å²) < 4.78 is 13.0. The first-order valence-corrected chi connectivity index (χ1v) is 16.6. The molecule has 232 valence electrons. The number of amides is 3. The zero-order valence-corrected chi connectivity index (χ0v) is 26.2. The van der Waals surface area contributed by atoms with Crippen molar-refractivity contribution in [3.8, 4) is 0 Å². The first-order chi connectivity index (χ1) is 19.3. The summed E-state index contributed by atoms with van der Waals surface area (Å²) in [6, 6.07) is 0. The molecule has 4 bridgehead atoms. The van der Waals surface area contributed by atoms with Crippen molar-refractivity contribution in [2.75, 3.05) is 0 Å². The van der Waals surface area contributed by atoms with Crippen LogP contribution in [0.5, 0.6) is 0 Å². The highest BCUT2D eigenvalue weighted by molar-refractivity contribution is 5.89. The first kappa shape index (κ1) is 30.8. The van der Waals surface area contributed by atoms with Crippen LogP contribution in [0.2, 0.25) is 0 Å². The Morgan fingerprint density at radius 1 is 0.732 bits per heavy atom. The molecule has 6 fully saturated rings. The molecule has 8 nitrogen and oxygen atoms in total. The summed E-state index contributed by atoms with van der Waals surface area (Å²) in [5, 5.41) is 6.78. The Morgan fingerprint density at radius 2 is 1.24 bits per heavy atom. The van der Waals surface area contributed by atoms with Crippen LogP contribution in [0.3, 0.4) is 0 Å². The van der Waals surface area contributed by atoms with Gasteiger partial charge in [-0.3, -0.25) is 14.4 Å². The molecule has 41 heavy (non-hydrogen) atoms. The molecule has 0 aromatic heterocycles. The molecule has 0 saturated heterocycles. The third kappa shape index (κ3) is 6.07. The molecule has 0 aliphatic heterocycles. The predicted octanol–water partition coefficient (Wildman–Crippen LogP) is 5.12. The summed E-state index contributed by atoms with van der Waals surface area (Å²) in [4.78, 5) is 41.0. The van der Waals surface area contributed by atoms with Gasteiger partial charge in [0.2, 0.25) is 5.91 Å². The molecule has 6 rings (SSSR count). The topological polar surface area (TPSA) is 120 Å². The fourth-order valence-electron chi connectivity index (χ4n) is 9.14. The van der Waals surface area contributed by atoms with Gasteiger partial charge in [-0.2, -0.15) is 0 Å². The van der Waals surface area contributed by atoms with Crippen LogP contribution in [0.25, 0.3) is 0 Å². The maximum Gasteiger partial charge on any atom is 0.253 e. The van der Waals surface area contributed by atoms with Gasteiger partial charge in [0, 0.05) is 11.8 Å². The van der Waals surface area contributed by atoms with Gasteiger partial charge < -0.3 is 25.8 Å². The van der Waals surface area contributed by atoms with Crippen molar-refractivity contribution in [3.63, 3.8) is 0 Å². The van der Waals surface area contributed by atoms with E-state index in [0.717, 1.165) is 64.2 Å². The lowest BCUT2D eigenvalue weighted by Gasteiger charge is -2.64. The molecule has 0 aromatic carbocycles. The van der Waals surface area contributed by atoms with Gasteiger partial charge in [0.15, 0.2) is 0 Å². The molecule has 8 heteroatoms. The molecule has 3 amide bonds. The fraction of sp³-hybridized carbons (Fsp3) is 0.909. The molecule has 0 spiro atoms. The van der Waals surface area contributed by atoms with Gasteiger partial charge in [-0.05, 0) is 97.3 Å². The number of hydrogen-bond donors (Lipinski definition) is 3. The fourth-order valence-corrected chi connectivity index (χ4v) is 9.14. The van der Waals surface area contributed by atoms with Crippen molar-refractivity contribution in [2.45, 2.75) is 160 Å². The Morgan fingerprint density at radius 3 is 1.78 bits per heavy atom. The van der Waals surface area contributed by atoms with Gasteiger partial charge in [0.25, 0.3) is 11.8 Å². The number of ether oxygens (including phenoxy) is 2. The molecule has 6 saturated carbocycles. The van der Waals surface area contributed by atoms with E-state index in [1.165, 1.54) is 19.3 Å². The summed E-state index contributed by atoms with van der Waals surface area (Å²) in [6.07, 6.45) is 14.8. The summed E-state index contributed by atoms with van der Waals surface area (Å²) in [7, 11) is 0. The summed E-state index contributed by atoms with van der Waals surface area (Å²) in [5.74, 6) is -0.0249. The summed E-state index contributed by atoms with van der Waals surface area (Å²) >= 11 is 0. The molecule has 0 aromatic rings. The maximum absolute atomic E-state index is 14.1. The van der Waals surface area contributed by atoms with Crippen LogP contribution >= 0.6 is 0 Å². The van der Waals surface area contributed by atoms with Crippen LogP contribution in [0.1, 0.15) is 131 Å². The molecule has 0 radical (unpaired) electrons. The molecular weight excluding hydrogens is 518 g/mol. The smallest absolute Gasteiger partial charge is 0.253 e. The molecule has 4 N–H and O–H groups in total. The Kier molecular flexibility index (Phi) is 8.59. The van der Waals surface area contributed by atoms with Gasteiger partial charge in [-0.1, -0.05) is 45.4 Å². The van der Waals surface area contributed by atoms with Gasteiger partial charge >= 0.3 is 0 Å². The van der Waals surface area contributed by atoms with E-state index >= 15 is 0 Å². The quantitative estimate of drug-likeness (QED) is 0.261. The second-order valence-electron chi connectivity index (χ2n) is 15.4. The van der Waals surface area contributed by atoms with Crippen LogP contribution in [0.15, 0.2) is 0 Å². The number of rotatable bonds is 9. The number of carbonyl (C=O) groups is 3. The normalized spacial score (nSPS) is 37.8. The number of primary amides is 1. The zero-order valence-electron chi connectivity index (χ0n) is 26.2. The summed E-state index contributed by atoms with van der Waals surface area (Å²) in [6.45, 7) is 9.60. The van der Waals surface area contributed by atoms with Gasteiger partial charge in [0.1, 0.15) is 16.9 Å². The van der Waals surface area contributed by atoms with Crippen molar-refractivity contribution in [1.29, 1.82) is 0 Å². The van der Waals surface area contributed by atoms with Crippen LogP contribution in [0.4, 0.5) is 0 Å². The van der Waals surface area contributed by atoms with E-state index in [2.05, 4.69) is 17.6 Å². The highest BCUT2D eigenvalue weighted by atomic mass is 16.5. The van der Waals surface area contributed by atoms with E-state index in [1.807, 2.05) is 27.7 Å². The Balaban J connectivity index is 1.40. The van der Waals surface area contributed by atoms with Gasteiger partial charge in [-0.25, -0.2) is 0 Å². The zero-order chi connectivity index (χ0) is 29.6. The minimum Gasteiger partial charge on any atom is -0.369 e. The molecule has 4 unspecified atom stereocenters. The van der Waals surface area contributed by atoms with Crippen molar-refractivity contribution < 1.29 is 23.9 Å². The Hall–Kier alpha value is -1.67. The average molecular weight is 574 g/mol. The lowest BCUT2D eigenvalue weighted by Crippen LogP contribution is -2.78. The highest BCUT2D eigenvalue weighted by Crippen LogP contribution is 2.63. The number of carbonyl (C=O) groups excluding carboxylic acids is 3. The predicted molar refractivity (Wildman–Crippen MR) is 157 cm³/mol. The van der Waals surface area contributed by atoms with Crippen molar-refractivity contribution >= 4 is 17.7 Å². The number of nitrogens with one attached hydrogen (secondary N) is 2. The van der Waals surface area contributed by atoms with Crippen LogP contribution in [-0.4, -0.2) is 46.8 Å². The van der Waals surface area contributed by atoms with E-state index in [1.54, 1.807) is 0 Å². The third-order valence-corrected chi connectivity index (χ3v) is 11.5. The van der Waals surface area contributed by atoms with Crippen molar-refractivity contribution in [2.24, 2.45) is 34.8 Å². The van der Waals surface area contributed by atoms with Gasteiger partial charge in [0.05, 0.1) is 17.6 Å². The molecule has 4 atom stereocenters. The third-order valence-electron chi connectivity index (χ3n) is 11.5. The van der Waals surface area contributed by atoms with E-state index in [4.69, 9.17) is 15.2 Å². The number of nitrogens with two attached hydrogens (primary N) is 1. The highest BCUT2D eigenvalue weighted by Gasteiger charge is 2.66. The van der Waals surface area contributed by atoms with E-state index < -0.39 is 22.3 Å². The van der Waals surface area contributed by atoms with E-state index in [-0.39, 0.29) is 41.8 Å². The second kappa shape index (κ2) is 11.4. The largest absolute Gasteiger partial charge is 0.369 e. The second-order valence-corrected chi connectivity index (χ2v) is 15.4. The van der Waals surface area contributed by atoms with Gasteiger partial charge in [-0.15, -0.1) is 0 Å². The minimum absolute atomic E-state index is 0.0404. The lowest BCUT2D eigenvalue weighted by atomic mass is 9.45. The molecule has 0 heterocycles. The molecular formula is C33H55N3O5. The Bertz CT molecular complexity index is 985. The average Bonchev–Trinajstić information content (AvgIpc) is 3.16. The first-order valence-electron chi connectivity index (χ1n) is 16.6. The van der Waals surface area contributed by atoms with Crippen LogP contribution in [-0.2, 0) is 23.9 Å². The molecule has 6 aliphatic rings. The van der Waals surface area contributed by atoms with E-state index in [0.29, 0.717) is 24.7 Å².